The molecule has 2 heterocycles. The number of hydrogen-bond acceptors (Lipinski definition) is 5. The van der Waals surface area contributed by atoms with Crippen molar-refractivity contribution < 1.29 is 9.90 Å². The van der Waals surface area contributed by atoms with Crippen LogP contribution in [0.4, 0.5) is 0 Å². The van der Waals surface area contributed by atoms with Crippen molar-refractivity contribution in [2.75, 3.05) is 20.1 Å². The first-order valence-corrected chi connectivity index (χ1v) is 5.49. The minimum Gasteiger partial charge on any atom is -0.377 e. The van der Waals surface area contributed by atoms with Crippen LogP contribution in [0.3, 0.4) is 0 Å². The zero-order valence-electron chi connectivity index (χ0n) is 9.23. The number of likely N-dealkylation sites (N-methyl/N-ethyl adjacent to an activating group) is 1. The predicted octanol–water partition coefficient (Wildman–Crippen LogP) is -1.47. The van der Waals surface area contributed by atoms with Crippen molar-refractivity contribution in [3.05, 3.63) is 0 Å². The van der Waals surface area contributed by atoms with Gasteiger partial charge >= 0.3 is 0 Å². The maximum absolute atomic E-state index is 11.5. The molecule has 2 rings (SSSR count). The minimum absolute atomic E-state index is 0.0803. The monoisotopic (exact) mass is 213 g/mol. The molecule has 3 N–H and O–H groups in total. The Labute approximate surface area is 89.8 Å². The summed E-state index contributed by atoms with van der Waals surface area (Å²) < 4.78 is 0. The SMILES string of the molecule is CNC1CC2CNCC(C(C)=O)N2C1O. The van der Waals surface area contributed by atoms with Crippen molar-refractivity contribution in [3.8, 4) is 0 Å². The summed E-state index contributed by atoms with van der Waals surface area (Å²) in [7, 11) is 1.85. The highest BCUT2D eigenvalue weighted by molar-refractivity contribution is 5.82. The summed E-state index contributed by atoms with van der Waals surface area (Å²) in [6.07, 6.45) is 0.366. The van der Waals surface area contributed by atoms with Gasteiger partial charge in [0, 0.05) is 25.2 Å². The number of carbonyl (C=O) groups excluding carboxylic acids is 1. The first kappa shape index (κ1) is 11.0. The highest BCUT2D eigenvalue weighted by Gasteiger charge is 2.46. The fourth-order valence-electron chi connectivity index (χ4n) is 2.70. The molecule has 0 aromatic carbocycles. The quantitative estimate of drug-likeness (QED) is 0.522. The Morgan fingerprint density at radius 1 is 1.53 bits per heavy atom. The Balaban J connectivity index is 2.16. The van der Waals surface area contributed by atoms with Crippen molar-refractivity contribution in [1.29, 1.82) is 0 Å². The van der Waals surface area contributed by atoms with Crippen molar-refractivity contribution in [2.45, 2.75) is 37.7 Å². The maximum atomic E-state index is 11.5. The molecular weight excluding hydrogens is 194 g/mol. The molecule has 4 unspecified atom stereocenters. The van der Waals surface area contributed by atoms with Crippen LogP contribution < -0.4 is 10.6 Å². The van der Waals surface area contributed by atoms with Crippen LogP contribution in [0.1, 0.15) is 13.3 Å². The molecule has 86 valence electrons. The van der Waals surface area contributed by atoms with Gasteiger partial charge in [-0.3, -0.25) is 9.69 Å². The van der Waals surface area contributed by atoms with Gasteiger partial charge in [0.2, 0.25) is 0 Å². The summed E-state index contributed by atoms with van der Waals surface area (Å²) in [5, 5.41) is 16.4. The van der Waals surface area contributed by atoms with Crippen LogP contribution in [0.25, 0.3) is 0 Å². The van der Waals surface area contributed by atoms with Crippen LogP contribution in [0, 0.1) is 0 Å². The molecule has 5 heteroatoms. The molecule has 0 aromatic heterocycles. The number of fused-ring (bicyclic) bond motifs is 1. The summed E-state index contributed by atoms with van der Waals surface area (Å²) in [5.41, 5.74) is 0. The van der Waals surface area contributed by atoms with Crippen molar-refractivity contribution in [2.24, 2.45) is 0 Å². The molecule has 0 aliphatic carbocycles. The summed E-state index contributed by atoms with van der Waals surface area (Å²) in [4.78, 5) is 13.4. The predicted molar refractivity (Wildman–Crippen MR) is 56.4 cm³/mol. The summed E-state index contributed by atoms with van der Waals surface area (Å²) in [6, 6.07) is 0.189. The summed E-state index contributed by atoms with van der Waals surface area (Å²) in [6.45, 7) is 3.10. The molecule has 2 aliphatic rings. The van der Waals surface area contributed by atoms with Crippen LogP contribution in [-0.4, -0.2) is 60.3 Å². The van der Waals surface area contributed by atoms with Crippen LogP contribution in [0.2, 0.25) is 0 Å². The second-order valence-electron chi connectivity index (χ2n) is 4.43. The normalized spacial score (nSPS) is 41.5. The molecule has 0 spiro atoms. The number of carbonyl (C=O) groups is 1. The molecule has 15 heavy (non-hydrogen) atoms. The second-order valence-corrected chi connectivity index (χ2v) is 4.43. The Bertz CT molecular complexity index is 257. The van der Waals surface area contributed by atoms with Gasteiger partial charge in [-0.2, -0.15) is 0 Å². The third-order valence-corrected chi connectivity index (χ3v) is 3.53. The van der Waals surface area contributed by atoms with Crippen molar-refractivity contribution >= 4 is 5.78 Å². The largest absolute Gasteiger partial charge is 0.377 e. The van der Waals surface area contributed by atoms with Gasteiger partial charge in [0.1, 0.15) is 12.0 Å². The molecule has 0 amide bonds. The minimum atomic E-state index is -0.531. The number of Topliss-reactive ketones (excluding diaryl/α,β-unsaturated/α-hetero) is 1. The molecule has 0 radical (unpaired) electrons. The van der Waals surface area contributed by atoms with Crippen LogP contribution >= 0.6 is 0 Å². The van der Waals surface area contributed by atoms with Gasteiger partial charge in [-0.05, 0) is 20.4 Å². The Morgan fingerprint density at radius 2 is 2.27 bits per heavy atom. The lowest BCUT2D eigenvalue weighted by Crippen LogP contribution is -2.60. The number of hydrogen-bond donors (Lipinski definition) is 3. The molecule has 0 aromatic rings. The van der Waals surface area contributed by atoms with Gasteiger partial charge in [-0.15, -0.1) is 0 Å². The van der Waals surface area contributed by atoms with Gasteiger partial charge in [0.15, 0.2) is 0 Å². The number of nitrogens with zero attached hydrogens (tertiary/aromatic N) is 1. The molecule has 4 atom stereocenters. The van der Waals surface area contributed by atoms with E-state index in [-0.39, 0.29) is 23.9 Å². The van der Waals surface area contributed by atoms with E-state index >= 15 is 0 Å². The number of aliphatic hydroxyl groups excluding tert-OH is 1. The van der Waals surface area contributed by atoms with Crippen molar-refractivity contribution in [1.82, 2.24) is 15.5 Å². The number of ketones is 1. The number of nitrogens with one attached hydrogen (secondary N) is 2. The average molecular weight is 213 g/mol. The Kier molecular flexibility index (Phi) is 3.06. The molecular formula is C10H19N3O2. The van der Waals surface area contributed by atoms with E-state index < -0.39 is 6.23 Å². The number of piperazine rings is 1. The lowest BCUT2D eigenvalue weighted by molar-refractivity contribution is -0.129. The fourth-order valence-corrected chi connectivity index (χ4v) is 2.70. The first-order chi connectivity index (χ1) is 7.15. The lowest BCUT2D eigenvalue weighted by Gasteiger charge is -2.38. The van der Waals surface area contributed by atoms with E-state index in [0.29, 0.717) is 6.54 Å². The first-order valence-electron chi connectivity index (χ1n) is 5.49. The summed E-state index contributed by atoms with van der Waals surface area (Å²) in [5.74, 6) is 0.128. The topological polar surface area (TPSA) is 64.6 Å². The Morgan fingerprint density at radius 3 is 2.87 bits per heavy atom. The zero-order chi connectivity index (χ0) is 11.0. The van der Waals surface area contributed by atoms with Gasteiger partial charge in [0.05, 0.1) is 6.04 Å². The van der Waals surface area contributed by atoms with E-state index in [2.05, 4.69) is 10.6 Å². The van der Waals surface area contributed by atoms with E-state index in [9.17, 15) is 9.90 Å². The molecule has 5 nitrogen and oxygen atoms in total. The zero-order valence-corrected chi connectivity index (χ0v) is 9.23. The second kappa shape index (κ2) is 4.17. The average Bonchev–Trinajstić information content (AvgIpc) is 2.55. The van der Waals surface area contributed by atoms with E-state index in [1.807, 2.05) is 11.9 Å². The third kappa shape index (κ3) is 1.80. The standard InChI is InChI=1S/C10H19N3O2/c1-6(14)9-5-12-4-7-3-8(11-2)10(15)13(7)9/h7-12,15H,3-5H2,1-2H3. The van der Waals surface area contributed by atoms with Crippen LogP contribution in [0.5, 0.6) is 0 Å². The molecule has 2 aliphatic heterocycles. The Hall–Kier alpha value is -0.490. The molecule has 0 bridgehead atoms. The third-order valence-electron chi connectivity index (χ3n) is 3.53. The van der Waals surface area contributed by atoms with Gasteiger partial charge in [0.25, 0.3) is 0 Å². The van der Waals surface area contributed by atoms with Crippen molar-refractivity contribution in [3.63, 3.8) is 0 Å². The van der Waals surface area contributed by atoms with E-state index in [0.717, 1.165) is 13.0 Å². The fraction of sp³-hybridized carbons (Fsp3) is 0.900. The van der Waals surface area contributed by atoms with Crippen LogP contribution in [-0.2, 0) is 4.79 Å². The summed E-state index contributed by atoms with van der Waals surface area (Å²) >= 11 is 0. The molecule has 2 saturated heterocycles. The lowest BCUT2D eigenvalue weighted by atomic mass is 10.1. The highest BCUT2D eigenvalue weighted by Crippen LogP contribution is 2.27. The van der Waals surface area contributed by atoms with Gasteiger partial charge in [-0.25, -0.2) is 0 Å². The van der Waals surface area contributed by atoms with Gasteiger partial charge in [-0.1, -0.05) is 0 Å². The molecule has 0 saturated carbocycles. The maximum Gasteiger partial charge on any atom is 0.148 e. The number of rotatable bonds is 2. The van der Waals surface area contributed by atoms with E-state index in [1.54, 1.807) is 6.92 Å². The van der Waals surface area contributed by atoms with E-state index in [4.69, 9.17) is 0 Å². The van der Waals surface area contributed by atoms with Gasteiger partial charge < -0.3 is 15.7 Å². The molecule has 2 fully saturated rings. The highest BCUT2D eigenvalue weighted by atomic mass is 16.3. The number of aliphatic hydroxyl groups is 1. The van der Waals surface area contributed by atoms with E-state index in [1.165, 1.54) is 0 Å². The smallest absolute Gasteiger partial charge is 0.148 e. The van der Waals surface area contributed by atoms with Crippen LogP contribution in [0.15, 0.2) is 0 Å².